The molecule has 19 heavy (non-hydrogen) atoms. The summed E-state index contributed by atoms with van der Waals surface area (Å²) in [6.45, 7) is 0. The molecule has 2 rings (SSSR count). The molecule has 0 amide bonds. The quantitative estimate of drug-likeness (QED) is 0.740. The molecule has 1 heterocycles. The first-order valence-corrected chi connectivity index (χ1v) is 7.16. The topological polar surface area (TPSA) is 114 Å². The summed E-state index contributed by atoms with van der Waals surface area (Å²) in [5.74, 6) is -0.138. The fourth-order valence-electron chi connectivity index (χ4n) is 1.25. The van der Waals surface area contributed by atoms with E-state index < -0.39 is 10.0 Å². The highest BCUT2D eigenvalue weighted by atomic mass is 35.5. The molecule has 0 aliphatic rings. The highest BCUT2D eigenvalue weighted by Crippen LogP contribution is 2.16. The van der Waals surface area contributed by atoms with Crippen molar-refractivity contribution in [3.8, 4) is 0 Å². The Bertz CT molecular complexity index is 757. The van der Waals surface area contributed by atoms with Crippen LogP contribution in [0.5, 0.6) is 0 Å². The number of aromatic amines is 1. The molecule has 0 saturated carbocycles. The van der Waals surface area contributed by atoms with Gasteiger partial charge < -0.3 is 5.73 Å². The van der Waals surface area contributed by atoms with Crippen LogP contribution in [0.4, 0.5) is 11.9 Å². The normalized spacial score (nSPS) is 11.2. The van der Waals surface area contributed by atoms with Gasteiger partial charge in [0.25, 0.3) is 10.0 Å². The number of hydrogen-bond acceptors (Lipinski definition) is 6. The van der Waals surface area contributed by atoms with Crippen LogP contribution < -0.4 is 10.5 Å². The van der Waals surface area contributed by atoms with Crippen molar-refractivity contribution < 1.29 is 8.42 Å². The highest BCUT2D eigenvalue weighted by molar-refractivity contribution is 7.92. The standard InChI is InChI=1S/C9H8ClN5O2S2/c10-5-1-3-6(4-2-5)19(16,17)15-8-12-7(11)13-9(18)14-8/h1-4H,(H4,11,12,13,14,15,18). The van der Waals surface area contributed by atoms with Crippen molar-refractivity contribution in [3.63, 3.8) is 0 Å². The van der Waals surface area contributed by atoms with E-state index in [4.69, 9.17) is 29.6 Å². The minimum atomic E-state index is -3.80. The number of aromatic nitrogens is 3. The fourth-order valence-corrected chi connectivity index (χ4v) is 2.53. The van der Waals surface area contributed by atoms with E-state index in [-0.39, 0.29) is 21.6 Å². The van der Waals surface area contributed by atoms with Gasteiger partial charge in [-0.05, 0) is 36.5 Å². The number of hydrogen-bond donors (Lipinski definition) is 3. The van der Waals surface area contributed by atoms with E-state index in [1.165, 1.54) is 24.3 Å². The molecule has 0 aliphatic carbocycles. The predicted molar refractivity (Wildman–Crippen MR) is 73.9 cm³/mol. The Hall–Kier alpha value is -1.71. The molecule has 0 atom stereocenters. The van der Waals surface area contributed by atoms with Crippen LogP contribution in [0.1, 0.15) is 0 Å². The molecule has 0 saturated heterocycles. The second kappa shape index (κ2) is 5.11. The number of nitrogens with zero attached hydrogens (tertiary/aromatic N) is 2. The smallest absolute Gasteiger partial charge is 0.264 e. The van der Waals surface area contributed by atoms with Gasteiger partial charge in [-0.15, -0.1) is 0 Å². The Morgan fingerprint density at radius 3 is 2.47 bits per heavy atom. The lowest BCUT2D eigenvalue weighted by atomic mass is 10.4. The first kappa shape index (κ1) is 13.7. The van der Waals surface area contributed by atoms with Gasteiger partial charge in [0.05, 0.1) is 4.90 Å². The SMILES string of the molecule is Nc1nc(=S)nc(NS(=O)(=O)c2ccc(Cl)cc2)[nH]1. The Kier molecular flexibility index (Phi) is 3.69. The van der Waals surface area contributed by atoms with Gasteiger partial charge in [0.15, 0.2) is 0 Å². The minimum Gasteiger partial charge on any atom is -0.369 e. The zero-order valence-corrected chi connectivity index (χ0v) is 11.7. The third-order valence-corrected chi connectivity index (χ3v) is 3.81. The number of rotatable bonds is 3. The summed E-state index contributed by atoms with van der Waals surface area (Å²) in [5.41, 5.74) is 5.41. The molecule has 0 bridgehead atoms. The average Bonchev–Trinajstić information content (AvgIpc) is 2.27. The van der Waals surface area contributed by atoms with E-state index in [1.807, 2.05) is 0 Å². The number of nitrogens with one attached hydrogen (secondary N) is 2. The lowest BCUT2D eigenvalue weighted by Crippen LogP contribution is -2.16. The minimum absolute atomic E-state index is 0.0335. The van der Waals surface area contributed by atoms with Crippen LogP contribution in [0.25, 0.3) is 0 Å². The Morgan fingerprint density at radius 1 is 1.26 bits per heavy atom. The summed E-state index contributed by atoms with van der Waals surface area (Å²) in [4.78, 5) is 9.83. The second-order valence-electron chi connectivity index (χ2n) is 3.42. The van der Waals surface area contributed by atoms with E-state index in [0.29, 0.717) is 5.02 Å². The van der Waals surface area contributed by atoms with Gasteiger partial charge in [-0.3, -0.25) is 4.98 Å². The van der Waals surface area contributed by atoms with Crippen LogP contribution in [0, 0.1) is 4.77 Å². The molecule has 1 aromatic heterocycles. The van der Waals surface area contributed by atoms with Gasteiger partial charge in [0, 0.05) is 5.02 Å². The van der Waals surface area contributed by atoms with Gasteiger partial charge in [-0.25, -0.2) is 13.1 Å². The van der Waals surface area contributed by atoms with Gasteiger partial charge in [-0.1, -0.05) is 11.6 Å². The van der Waals surface area contributed by atoms with Crippen molar-refractivity contribution in [2.24, 2.45) is 0 Å². The molecule has 10 heteroatoms. The van der Waals surface area contributed by atoms with Crippen molar-refractivity contribution in [1.82, 2.24) is 15.0 Å². The molecule has 0 aliphatic heterocycles. The number of anilines is 2. The van der Waals surface area contributed by atoms with Crippen molar-refractivity contribution in [1.29, 1.82) is 0 Å². The highest BCUT2D eigenvalue weighted by Gasteiger charge is 2.15. The first-order chi connectivity index (χ1) is 8.87. The molecule has 7 nitrogen and oxygen atoms in total. The number of halogens is 1. The maximum absolute atomic E-state index is 12.0. The monoisotopic (exact) mass is 317 g/mol. The van der Waals surface area contributed by atoms with Gasteiger partial charge >= 0.3 is 0 Å². The van der Waals surface area contributed by atoms with Gasteiger partial charge in [0.2, 0.25) is 16.7 Å². The maximum atomic E-state index is 12.0. The van der Waals surface area contributed by atoms with Crippen LogP contribution in [0.2, 0.25) is 5.02 Å². The maximum Gasteiger partial charge on any atom is 0.264 e. The lowest BCUT2D eigenvalue weighted by molar-refractivity contribution is 0.601. The zero-order valence-electron chi connectivity index (χ0n) is 9.29. The van der Waals surface area contributed by atoms with E-state index in [9.17, 15) is 8.42 Å². The van der Waals surface area contributed by atoms with Crippen molar-refractivity contribution in [2.45, 2.75) is 4.90 Å². The Morgan fingerprint density at radius 2 is 1.89 bits per heavy atom. The van der Waals surface area contributed by atoms with Gasteiger partial charge in [-0.2, -0.15) is 9.97 Å². The molecule has 0 spiro atoms. The number of nitrogen functional groups attached to an aromatic ring is 1. The first-order valence-electron chi connectivity index (χ1n) is 4.89. The second-order valence-corrected chi connectivity index (χ2v) is 5.91. The van der Waals surface area contributed by atoms with E-state index in [2.05, 4.69) is 19.7 Å². The molecule has 2 aromatic rings. The van der Waals surface area contributed by atoms with Crippen molar-refractivity contribution in [3.05, 3.63) is 34.1 Å². The molecule has 100 valence electrons. The zero-order chi connectivity index (χ0) is 14.0. The lowest BCUT2D eigenvalue weighted by Gasteiger charge is -2.07. The van der Waals surface area contributed by atoms with Crippen molar-refractivity contribution >= 4 is 45.7 Å². The van der Waals surface area contributed by atoms with Crippen molar-refractivity contribution in [2.75, 3.05) is 10.5 Å². The van der Waals surface area contributed by atoms with E-state index in [1.54, 1.807) is 0 Å². The number of nitrogens with two attached hydrogens (primary N) is 1. The number of H-pyrrole nitrogens is 1. The van der Waals surface area contributed by atoms with E-state index >= 15 is 0 Å². The van der Waals surface area contributed by atoms with Gasteiger partial charge in [0.1, 0.15) is 0 Å². The summed E-state index contributed by atoms with van der Waals surface area (Å²) in [5, 5.41) is 0.435. The van der Waals surface area contributed by atoms with Crippen LogP contribution in [-0.4, -0.2) is 23.4 Å². The van der Waals surface area contributed by atoms with E-state index in [0.717, 1.165) is 0 Å². The molecule has 0 radical (unpaired) electrons. The Balaban J connectivity index is 2.36. The number of benzene rings is 1. The van der Waals surface area contributed by atoms with Crippen LogP contribution >= 0.6 is 23.8 Å². The average molecular weight is 318 g/mol. The Labute approximate surface area is 118 Å². The largest absolute Gasteiger partial charge is 0.369 e. The summed E-state index contributed by atoms with van der Waals surface area (Å²) in [7, 11) is -3.80. The van der Waals surface area contributed by atoms with Crippen LogP contribution in [-0.2, 0) is 10.0 Å². The molecule has 4 N–H and O–H groups in total. The van der Waals surface area contributed by atoms with Crippen LogP contribution in [0.15, 0.2) is 29.2 Å². The molecule has 0 fully saturated rings. The molecule has 1 aromatic carbocycles. The fraction of sp³-hybridized carbons (Fsp3) is 0. The summed E-state index contributed by atoms with van der Waals surface area (Å²) < 4.78 is 26.2. The number of sulfonamides is 1. The predicted octanol–water partition coefficient (Wildman–Crippen LogP) is 1.57. The molecular weight excluding hydrogens is 310 g/mol. The molecule has 0 unspecified atom stereocenters. The molecular formula is C9H8ClN5O2S2. The summed E-state index contributed by atoms with van der Waals surface area (Å²) >= 11 is 10.4. The third-order valence-electron chi connectivity index (χ3n) is 2.02. The summed E-state index contributed by atoms with van der Waals surface area (Å²) in [6, 6.07) is 5.66. The third kappa shape index (κ3) is 3.40. The van der Waals surface area contributed by atoms with Crippen LogP contribution in [0.3, 0.4) is 0 Å². The summed E-state index contributed by atoms with van der Waals surface area (Å²) in [6.07, 6.45) is 0.